The van der Waals surface area contributed by atoms with Crippen molar-refractivity contribution < 1.29 is 14.3 Å². The summed E-state index contributed by atoms with van der Waals surface area (Å²) >= 11 is 0. The second-order valence-electron chi connectivity index (χ2n) is 7.92. The minimum atomic E-state index is -0.557. The Morgan fingerprint density at radius 2 is 1.45 bits per heavy atom. The number of ether oxygens (including phenoxy) is 1. The summed E-state index contributed by atoms with van der Waals surface area (Å²) in [5.74, 6) is 1.15. The van der Waals surface area contributed by atoms with Gasteiger partial charge >= 0.3 is 0 Å². The largest absolute Gasteiger partial charge is 0.481 e. The van der Waals surface area contributed by atoms with Gasteiger partial charge in [-0.3, -0.25) is 9.59 Å². The Kier molecular flexibility index (Phi) is 6.57. The van der Waals surface area contributed by atoms with E-state index in [0.717, 1.165) is 11.1 Å². The normalized spacial score (nSPS) is 15.3. The zero-order chi connectivity index (χ0) is 21.0. The molecule has 0 aliphatic carbocycles. The second kappa shape index (κ2) is 9.12. The number of rotatable bonds is 5. The van der Waals surface area contributed by atoms with Crippen LogP contribution in [0.25, 0.3) is 0 Å². The van der Waals surface area contributed by atoms with E-state index in [1.54, 1.807) is 11.8 Å². The van der Waals surface area contributed by atoms with E-state index in [0.29, 0.717) is 37.8 Å². The van der Waals surface area contributed by atoms with Crippen LogP contribution in [-0.2, 0) is 4.79 Å². The maximum absolute atomic E-state index is 12.8. The Hall–Kier alpha value is -2.82. The van der Waals surface area contributed by atoms with E-state index in [1.807, 2.05) is 60.4 Å². The van der Waals surface area contributed by atoms with Crippen LogP contribution >= 0.6 is 0 Å². The van der Waals surface area contributed by atoms with Crippen LogP contribution in [-0.4, -0.2) is 53.9 Å². The third-order valence-electron chi connectivity index (χ3n) is 5.46. The SMILES string of the molecule is Cc1ccccc1C(=O)N1CCN(C(=O)C(C)Oc2ccc(C(C)C)cc2)CC1. The number of aryl methyl sites for hydroxylation is 1. The summed E-state index contributed by atoms with van der Waals surface area (Å²) < 4.78 is 5.85. The van der Waals surface area contributed by atoms with Gasteiger partial charge in [0, 0.05) is 31.7 Å². The molecule has 1 fully saturated rings. The molecular weight excluding hydrogens is 364 g/mol. The Labute approximate surface area is 173 Å². The lowest BCUT2D eigenvalue weighted by Crippen LogP contribution is -2.53. The first-order valence-corrected chi connectivity index (χ1v) is 10.3. The van der Waals surface area contributed by atoms with Crippen molar-refractivity contribution in [2.45, 2.75) is 39.7 Å². The number of benzene rings is 2. The van der Waals surface area contributed by atoms with Crippen molar-refractivity contribution in [1.82, 2.24) is 9.80 Å². The zero-order valence-electron chi connectivity index (χ0n) is 17.7. The van der Waals surface area contributed by atoms with Gasteiger partial charge in [0.25, 0.3) is 11.8 Å². The van der Waals surface area contributed by atoms with Gasteiger partial charge in [-0.25, -0.2) is 0 Å². The van der Waals surface area contributed by atoms with Crippen LogP contribution in [0.2, 0.25) is 0 Å². The lowest BCUT2D eigenvalue weighted by molar-refractivity contribution is -0.139. The molecule has 0 spiro atoms. The lowest BCUT2D eigenvalue weighted by atomic mass is 10.0. The fraction of sp³-hybridized carbons (Fsp3) is 0.417. The van der Waals surface area contributed by atoms with Crippen LogP contribution in [0, 0.1) is 6.92 Å². The van der Waals surface area contributed by atoms with E-state index in [-0.39, 0.29) is 11.8 Å². The van der Waals surface area contributed by atoms with Gasteiger partial charge in [-0.15, -0.1) is 0 Å². The first-order valence-electron chi connectivity index (χ1n) is 10.3. The Morgan fingerprint density at radius 3 is 2.03 bits per heavy atom. The molecule has 0 bridgehead atoms. The molecule has 1 aliphatic rings. The number of nitrogens with zero attached hydrogens (tertiary/aromatic N) is 2. The highest BCUT2D eigenvalue weighted by Crippen LogP contribution is 2.20. The number of carbonyl (C=O) groups excluding carboxylic acids is 2. The molecule has 5 nitrogen and oxygen atoms in total. The lowest BCUT2D eigenvalue weighted by Gasteiger charge is -2.36. The summed E-state index contributed by atoms with van der Waals surface area (Å²) in [5, 5.41) is 0. The van der Waals surface area contributed by atoms with Crippen LogP contribution in [0.15, 0.2) is 48.5 Å². The van der Waals surface area contributed by atoms with Gasteiger partial charge in [-0.05, 0) is 49.1 Å². The van der Waals surface area contributed by atoms with E-state index in [4.69, 9.17) is 4.74 Å². The van der Waals surface area contributed by atoms with Crippen molar-refractivity contribution in [2.75, 3.05) is 26.2 Å². The van der Waals surface area contributed by atoms with Gasteiger partial charge in [-0.2, -0.15) is 0 Å². The number of piperazine rings is 1. The molecule has 5 heteroatoms. The smallest absolute Gasteiger partial charge is 0.263 e. The summed E-state index contributed by atoms with van der Waals surface area (Å²) in [4.78, 5) is 29.1. The van der Waals surface area contributed by atoms with Gasteiger partial charge in [0.05, 0.1) is 0 Å². The summed E-state index contributed by atoms with van der Waals surface area (Å²) in [6, 6.07) is 15.5. The van der Waals surface area contributed by atoms with Crippen molar-refractivity contribution in [3.8, 4) is 5.75 Å². The fourth-order valence-corrected chi connectivity index (χ4v) is 3.56. The third-order valence-corrected chi connectivity index (χ3v) is 5.46. The Bertz CT molecular complexity index is 853. The standard InChI is InChI=1S/C24H30N2O3/c1-17(2)20-9-11-21(12-10-20)29-19(4)23(27)25-13-15-26(16-14-25)24(28)22-8-6-5-7-18(22)3/h5-12,17,19H,13-16H2,1-4H3. The van der Waals surface area contributed by atoms with Crippen molar-refractivity contribution in [3.63, 3.8) is 0 Å². The van der Waals surface area contributed by atoms with E-state index in [2.05, 4.69) is 13.8 Å². The number of hydrogen-bond donors (Lipinski definition) is 0. The quantitative estimate of drug-likeness (QED) is 0.774. The van der Waals surface area contributed by atoms with Crippen LogP contribution in [0.4, 0.5) is 0 Å². The average molecular weight is 395 g/mol. The molecule has 0 saturated carbocycles. The Morgan fingerprint density at radius 1 is 0.862 bits per heavy atom. The third kappa shape index (κ3) is 4.97. The molecule has 1 saturated heterocycles. The van der Waals surface area contributed by atoms with E-state index < -0.39 is 6.10 Å². The predicted molar refractivity (Wildman–Crippen MR) is 114 cm³/mol. The molecule has 29 heavy (non-hydrogen) atoms. The first-order chi connectivity index (χ1) is 13.9. The first kappa shape index (κ1) is 20.9. The molecule has 1 aliphatic heterocycles. The molecule has 2 aromatic rings. The molecule has 0 N–H and O–H groups in total. The van der Waals surface area contributed by atoms with Gasteiger partial charge in [0.2, 0.25) is 0 Å². The molecule has 2 amide bonds. The number of amides is 2. The molecule has 0 aromatic heterocycles. The minimum Gasteiger partial charge on any atom is -0.481 e. The van der Waals surface area contributed by atoms with Crippen LogP contribution in [0.3, 0.4) is 0 Å². The average Bonchev–Trinajstić information content (AvgIpc) is 2.73. The molecule has 1 unspecified atom stereocenters. The summed E-state index contributed by atoms with van der Waals surface area (Å²) in [6.45, 7) is 10.1. The van der Waals surface area contributed by atoms with Gasteiger partial charge in [-0.1, -0.05) is 44.2 Å². The summed E-state index contributed by atoms with van der Waals surface area (Å²) in [5.41, 5.74) is 2.95. The van der Waals surface area contributed by atoms with E-state index in [9.17, 15) is 9.59 Å². The van der Waals surface area contributed by atoms with Crippen LogP contribution in [0.1, 0.15) is 48.2 Å². The number of carbonyl (C=O) groups is 2. The fourth-order valence-electron chi connectivity index (χ4n) is 3.56. The molecule has 154 valence electrons. The highest BCUT2D eigenvalue weighted by Gasteiger charge is 2.28. The van der Waals surface area contributed by atoms with Crippen molar-refractivity contribution in [2.24, 2.45) is 0 Å². The zero-order valence-corrected chi connectivity index (χ0v) is 17.7. The monoisotopic (exact) mass is 394 g/mol. The molecule has 2 aromatic carbocycles. The van der Waals surface area contributed by atoms with Gasteiger partial charge in [0.15, 0.2) is 6.10 Å². The summed E-state index contributed by atoms with van der Waals surface area (Å²) in [7, 11) is 0. The topological polar surface area (TPSA) is 49.9 Å². The van der Waals surface area contributed by atoms with Crippen molar-refractivity contribution >= 4 is 11.8 Å². The summed E-state index contributed by atoms with van der Waals surface area (Å²) in [6.07, 6.45) is -0.557. The maximum atomic E-state index is 12.8. The minimum absolute atomic E-state index is 0.0322. The van der Waals surface area contributed by atoms with Crippen molar-refractivity contribution in [3.05, 3.63) is 65.2 Å². The maximum Gasteiger partial charge on any atom is 0.263 e. The molecule has 1 heterocycles. The highest BCUT2D eigenvalue weighted by molar-refractivity contribution is 5.95. The van der Waals surface area contributed by atoms with Gasteiger partial charge in [0.1, 0.15) is 5.75 Å². The highest BCUT2D eigenvalue weighted by atomic mass is 16.5. The van der Waals surface area contributed by atoms with Crippen molar-refractivity contribution in [1.29, 1.82) is 0 Å². The van der Waals surface area contributed by atoms with E-state index >= 15 is 0 Å². The molecule has 0 radical (unpaired) electrons. The van der Waals surface area contributed by atoms with Gasteiger partial charge < -0.3 is 14.5 Å². The molecular formula is C24H30N2O3. The predicted octanol–water partition coefficient (Wildman–Crippen LogP) is 3.87. The molecule has 3 rings (SSSR count). The molecule has 1 atom stereocenters. The second-order valence-corrected chi connectivity index (χ2v) is 7.92. The Balaban J connectivity index is 1.54. The van der Waals surface area contributed by atoms with Crippen LogP contribution < -0.4 is 4.74 Å². The van der Waals surface area contributed by atoms with Crippen LogP contribution in [0.5, 0.6) is 5.75 Å². The number of hydrogen-bond acceptors (Lipinski definition) is 3. The van der Waals surface area contributed by atoms with E-state index in [1.165, 1.54) is 5.56 Å².